The van der Waals surface area contributed by atoms with Crippen LogP contribution in [0.5, 0.6) is 23.0 Å². The van der Waals surface area contributed by atoms with Crippen molar-refractivity contribution in [1.82, 2.24) is 5.32 Å². The predicted octanol–water partition coefficient (Wildman–Crippen LogP) is 5.88. The van der Waals surface area contributed by atoms with Gasteiger partial charge in [0.1, 0.15) is 17.6 Å². The Morgan fingerprint density at radius 1 is 0.810 bits per heavy atom. The van der Waals surface area contributed by atoms with Crippen LogP contribution in [0, 0.1) is 0 Å². The van der Waals surface area contributed by atoms with Gasteiger partial charge < -0.3 is 43.7 Å². The first kappa shape index (κ1) is 39.6. The Kier molecular flexibility index (Phi) is 12.4. The minimum absolute atomic E-state index is 0.0604. The average molecular weight is 789 g/mol. The van der Waals surface area contributed by atoms with Crippen molar-refractivity contribution >= 4 is 40.2 Å². The van der Waals surface area contributed by atoms with Crippen LogP contribution in [-0.2, 0) is 36.7 Å². The maximum absolute atomic E-state index is 14.7. The summed E-state index contributed by atoms with van der Waals surface area (Å²) in [5, 5.41) is 14.3. The van der Waals surface area contributed by atoms with E-state index < -0.39 is 41.9 Å². The van der Waals surface area contributed by atoms with Crippen LogP contribution in [0.2, 0.25) is 0 Å². The van der Waals surface area contributed by atoms with Gasteiger partial charge in [-0.15, -0.1) is 0 Å². The van der Waals surface area contributed by atoms with E-state index in [2.05, 4.69) is 5.32 Å². The normalized spacial score (nSPS) is 16.6. The van der Waals surface area contributed by atoms with E-state index >= 15 is 0 Å². The van der Waals surface area contributed by atoms with Crippen molar-refractivity contribution in [2.45, 2.75) is 50.8 Å². The molecule has 0 fully saturated rings. The Bertz CT molecular complexity index is 2290. The molecule has 0 bridgehead atoms. The molecule has 2 aliphatic heterocycles. The van der Waals surface area contributed by atoms with Gasteiger partial charge in [0.05, 0.1) is 51.7 Å². The molecule has 0 aliphatic carbocycles. The van der Waals surface area contributed by atoms with Gasteiger partial charge in [-0.2, -0.15) is 0 Å². The second kappa shape index (κ2) is 18.1. The molecule has 5 aromatic carbocycles. The maximum Gasteiger partial charge on any atom is 0.310 e. The monoisotopic (exact) mass is 788 g/mol. The Balaban J connectivity index is 1.33. The third-order valence-electron chi connectivity index (χ3n) is 10.0. The van der Waals surface area contributed by atoms with Gasteiger partial charge in [0.15, 0.2) is 11.5 Å². The molecule has 2 N–H and O–H groups in total. The minimum atomic E-state index is -1.30. The molecule has 2 amide bonds. The highest BCUT2D eigenvalue weighted by Gasteiger charge is 2.48. The van der Waals surface area contributed by atoms with E-state index in [4.69, 9.17) is 28.4 Å². The number of hydrogen-bond donors (Lipinski definition) is 2. The van der Waals surface area contributed by atoms with Gasteiger partial charge >= 0.3 is 11.9 Å². The molecule has 0 radical (unpaired) electrons. The number of hydrogen-bond acceptors (Lipinski definition) is 11. The zero-order chi connectivity index (χ0) is 40.6. The fourth-order valence-electron chi connectivity index (χ4n) is 7.26. The van der Waals surface area contributed by atoms with Crippen LogP contribution >= 0.6 is 0 Å². The average Bonchev–Trinajstić information content (AvgIpc) is 3.70. The number of methoxy groups -OCH3 is 1. The van der Waals surface area contributed by atoms with Gasteiger partial charge in [-0.3, -0.25) is 19.2 Å². The van der Waals surface area contributed by atoms with E-state index in [1.807, 2.05) is 30.3 Å². The highest BCUT2D eigenvalue weighted by molar-refractivity contribution is 6.00. The standard InChI is InChI=1S/C45H44N2O11/c1-3-54-41(50)26-37-44(58-42(51)23-29-11-18-38-39(21-29)57-27-56-38)43(46-45(52)32-13-12-30-7-4-5-8-31(30)24-32)35-25-34(55-20-6-19-48)16-17-36(35)47(37)40(49)22-28-9-14-33(53-2)15-10-28/h4-5,7-18,21,24-25,37,43-44,48H,3,6,19-20,22-23,26-27H2,1-2H3,(H,46,52)/t37-,43-,44-/m0/s1. The van der Waals surface area contributed by atoms with Crippen LogP contribution in [0.15, 0.2) is 103 Å². The van der Waals surface area contributed by atoms with Gasteiger partial charge in [0.25, 0.3) is 5.91 Å². The molecule has 2 aliphatic rings. The summed E-state index contributed by atoms with van der Waals surface area (Å²) >= 11 is 0. The van der Waals surface area contributed by atoms with E-state index in [1.165, 1.54) is 4.90 Å². The fraction of sp³-hybridized carbons (Fsp3) is 0.289. The first-order valence-electron chi connectivity index (χ1n) is 19.1. The van der Waals surface area contributed by atoms with Crippen molar-refractivity contribution < 1.29 is 52.7 Å². The number of fused-ring (bicyclic) bond motifs is 3. The Morgan fingerprint density at radius 2 is 1.57 bits per heavy atom. The van der Waals surface area contributed by atoms with Crippen LogP contribution < -0.4 is 29.2 Å². The summed E-state index contributed by atoms with van der Waals surface area (Å²) in [5.74, 6) is -0.120. The number of nitrogens with zero attached hydrogens (tertiary/aromatic N) is 1. The van der Waals surface area contributed by atoms with E-state index in [-0.39, 0.29) is 45.9 Å². The Morgan fingerprint density at radius 3 is 2.34 bits per heavy atom. The number of nitrogens with one attached hydrogen (secondary N) is 1. The predicted molar refractivity (Wildman–Crippen MR) is 213 cm³/mol. The molecule has 0 saturated heterocycles. The van der Waals surface area contributed by atoms with E-state index in [9.17, 15) is 24.3 Å². The molecule has 2 heterocycles. The SMILES string of the molecule is CCOC(=O)C[C@H]1[C@H](OC(=O)Cc2ccc3c(c2)OCO3)[C@@H](NC(=O)c2ccc3ccccc3c2)c2cc(OCCCO)ccc2N1C(=O)Cc1ccc(OC)cc1. The quantitative estimate of drug-likeness (QED) is 0.0965. The number of aliphatic hydroxyl groups excluding tert-OH is 1. The first-order chi connectivity index (χ1) is 28.2. The third kappa shape index (κ3) is 9.00. The Labute approximate surface area is 335 Å². The van der Waals surface area contributed by atoms with Gasteiger partial charge in [-0.25, -0.2) is 0 Å². The lowest BCUT2D eigenvalue weighted by atomic mass is 9.85. The van der Waals surface area contributed by atoms with Gasteiger partial charge in [0.2, 0.25) is 12.7 Å². The lowest BCUT2D eigenvalue weighted by Gasteiger charge is -2.45. The number of rotatable bonds is 15. The molecular formula is C45H44N2O11. The van der Waals surface area contributed by atoms with Crippen LogP contribution in [0.1, 0.15) is 52.9 Å². The second-order valence-electron chi connectivity index (χ2n) is 13.8. The number of amides is 2. The largest absolute Gasteiger partial charge is 0.497 e. The molecule has 7 rings (SSSR count). The zero-order valence-electron chi connectivity index (χ0n) is 32.2. The molecular weight excluding hydrogens is 744 g/mol. The zero-order valence-corrected chi connectivity index (χ0v) is 32.2. The summed E-state index contributed by atoms with van der Waals surface area (Å²) in [4.78, 5) is 58.0. The number of aliphatic hydroxyl groups is 1. The Hall–Kier alpha value is -6.60. The first-order valence-corrected chi connectivity index (χ1v) is 19.1. The summed E-state index contributed by atoms with van der Waals surface area (Å²) in [6, 6.07) is 28.0. The van der Waals surface area contributed by atoms with Gasteiger partial charge in [0, 0.05) is 29.8 Å². The topological polar surface area (TPSA) is 159 Å². The minimum Gasteiger partial charge on any atom is -0.497 e. The van der Waals surface area contributed by atoms with E-state index in [1.54, 1.807) is 86.8 Å². The number of carbonyl (C=O) groups excluding carboxylic acids is 4. The van der Waals surface area contributed by atoms with Crippen molar-refractivity contribution in [3.63, 3.8) is 0 Å². The summed E-state index contributed by atoms with van der Waals surface area (Å²) in [6.07, 6.45) is -1.56. The number of ether oxygens (including phenoxy) is 6. The van der Waals surface area contributed by atoms with Crippen molar-refractivity contribution in [2.24, 2.45) is 0 Å². The third-order valence-corrected chi connectivity index (χ3v) is 10.0. The summed E-state index contributed by atoms with van der Waals surface area (Å²) < 4.78 is 34.0. The highest BCUT2D eigenvalue weighted by atomic mass is 16.7. The molecule has 0 saturated carbocycles. The number of carbonyl (C=O) groups is 4. The molecule has 13 heteroatoms. The maximum atomic E-state index is 14.7. The summed E-state index contributed by atoms with van der Waals surface area (Å²) in [5.41, 5.74) is 2.40. The van der Waals surface area contributed by atoms with E-state index in [0.29, 0.717) is 57.4 Å². The number of anilines is 1. The fourth-order valence-corrected chi connectivity index (χ4v) is 7.26. The number of benzene rings is 5. The molecule has 13 nitrogen and oxygen atoms in total. The van der Waals surface area contributed by atoms with E-state index in [0.717, 1.165) is 10.8 Å². The summed E-state index contributed by atoms with van der Waals surface area (Å²) in [7, 11) is 1.55. The lowest BCUT2D eigenvalue weighted by molar-refractivity contribution is -0.155. The molecule has 58 heavy (non-hydrogen) atoms. The molecule has 3 atom stereocenters. The van der Waals surface area contributed by atoms with Crippen LogP contribution in [0.4, 0.5) is 5.69 Å². The van der Waals surface area contributed by atoms with Gasteiger partial charge in [-0.05, 0) is 83.4 Å². The molecule has 0 unspecified atom stereocenters. The molecule has 300 valence electrons. The molecule has 5 aromatic rings. The number of esters is 2. The van der Waals surface area contributed by atoms with Crippen molar-refractivity contribution in [2.75, 3.05) is 38.6 Å². The van der Waals surface area contributed by atoms with Crippen molar-refractivity contribution in [1.29, 1.82) is 0 Å². The van der Waals surface area contributed by atoms with Crippen molar-refractivity contribution in [3.05, 3.63) is 125 Å². The van der Waals surface area contributed by atoms with Crippen LogP contribution in [0.25, 0.3) is 10.8 Å². The molecule has 0 spiro atoms. The van der Waals surface area contributed by atoms with Crippen LogP contribution in [-0.4, -0.2) is 74.7 Å². The summed E-state index contributed by atoms with van der Waals surface area (Å²) in [6.45, 7) is 1.93. The van der Waals surface area contributed by atoms with Gasteiger partial charge in [-0.1, -0.05) is 48.5 Å². The lowest BCUT2D eigenvalue weighted by Crippen LogP contribution is -2.58. The highest BCUT2D eigenvalue weighted by Crippen LogP contribution is 2.43. The smallest absolute Gasteiger partial charge is 0.310 e. The van der Waals surface area contributed by atoms with Crippen molar-refractivity contribution in [3.8, 4) is 23.0 Å². The van der Waals surface area contributed by atoms with Crippen LogP contribution in [0.3, 0.4) is 0 Å². The molecule has 0 aromatic heterocycles. The second-order valence-corrected chi connectivity index (χ2v) is 13.8.